The monoisotopic (exact) mass is 223 g/mol. The summed E-state index contributed by atoms with van der Waals surface area (Å²) < 4.78 is 17.0. The van der Waals surface area contributed by atoms with Crippen LogP contribution in [0.5, 0.6) is 5.75 Å². The summed E-state index contributed by atoms with van der Waals surface area (Å²) in [4.78, 5) is 0.655. The highest BCUT2D eigenvalue weighted by Gasteiger charge is 2.12. The van der Waals surface area contributed by atoms with Gasteiger partial charge in [0.1, 0.15) is 5.75 Å². The standard InChI is InChI=1S/C11H13NO2S/c1-9(7-12)8-15(13)11-6-4-3-5-10(11)14-2/h3-6,9H,8H2,1-2H3. The van der Waals surface area contributed by atoms with Crippen LogP contribution in [-0.2, 0) is 10.8 Å². The van der Waals surface area contributed by atoms with Gasteiger partial charge in [0.2, 0.25) is 0 Å². The van der Waals surface area contributed by atoms with Gasteiger partial charge in [0, 0.05) is 5.75 Å². The Labute approximate surface area is 92.1 Å². The van der Waals surface area contributed by atoms with Crippen LogP contribution < -0.4 is 4.74 Å². The van der Waals surface area contributed by atoms with Crippen molar-refractivity contribution >= 4 is 10.8 Å². The number of para-hydroxylation sites is 1. The van der Waals surface area contributed by atoms with Crippen LogP contribution in [0.25, 0.3) is 0 Å². The lowest BCUT2D eigenvalue weighted by Crippen LogP contribution is -2.07. The quantitative estimate of drug-likeness (QED) is 0.784. The average Bonchev–Trinajstić information content (AvgIpc) is 2.28. The van der Waals surface area contributed by atoms with E-state index in [9.17, 15) is 4.21 Å². The molecule has 0 radical (unpaired) electrons. The molecule has 0 aromatic heterocycles. The molecule has 0 saturated carbocycles. The molecule has 3 nitrogen and oxygen atoms in total. The van der Waals surface area contributed by atoms with Gasteiger partial charge < -0.3 is 4.74 Å². The molecule has 80 valence electrons. The van der Waals surface area contributed by atoms with E-state index in [4.69, 9.17) is 10.00 Å². The Bertz CT molecular complexity index is 398. The fourth-order valence-electron chi connectivity index (χ4n) is 1.16. The Morgan fingerprint density at radius 3 is 2.80 bits per heavy atom. The van der Waals surface area contributed by atoms with Crippen molar-refractivity contribution in [3.8, 4) is 11.8 Å². The van der Waals surface area contributed by atoms with E-state index in [1.54, 1.807) is 26.2 Å². The lowest BCUT2D eigenvalue weighted by Gasteiger charge is -2.08. The lowest BCUT2D eigenvalue weighted by molar-refractivity contribution is 0.404. The Morgan fingerprint density at radius 1 is 1.53 bits per heavy atom. The zero-order chi connectivity index (χ0) is 11.3. The number of hydrogen-bond donors (Lipinski definition) is 0. The second-order valence-corrected chi connectivity index (χ2v) is 4.66. The summed E-state index contributed by atoms with van der Waals surface area (Å²) in [5.74, 6) is 0.744. The van der Waals surface area contributed by atoms with E-state index < -0.39 is 10.8 Å². The normalized spacial score (nSPS) is 13.9. The van der Waals surface area contributed by atoms with Crippen LogP contribution in [0.1, 0.15) is 6.92 Å². The van der Waals surface area contributed by atoms with Crippen LogP contribution >= 0.6 is 0 Å². The smallest absolute Gasteiger partial charge is 0.134 e. The highest BCUT2D eigenvalue weighted by atomic mass is 32.2. The largest absolute Gasteiger partial charge is 0.495 e. The van der Waals surface area contributed by atoms with Gasteiger partial charge in [-0.05, 0) is 19.1 Å². The minimum atomic E-state index is -1.17. The predicted molar refractivity (Wildman–Crippen MR) is 59.0 cm³/mol. The molecule has 1 rings (SSSR count). The van der Waals surface area contributed by atoms with Crippen molar-refractivity contribution in [2.45, 2.75) is 11.8 Å². The number of methoxy groups -OCH3 is 1. The molecule has 0 aliphatic rings. The van der Waals surface area contributed by atoms with Gasteiger partial charge in [-0.15, -0.1) is 0 Å². The first-order valence-corrected chi connectivity index (χ1v) is 5.92. The van der Waals surface area contributed by atoms with E-state index in [0.717, 1.165) is 0 Å². The number of hydrogen-bond acceptors (Lipinski definition) is 3. The highest BCUT2D eigenvalue weighted by Crippen LogP contribution is 2.22. The van der Waals surface area contributed by atoms with Crippen molar-refractivity contribution in [3.05, 3.63) is 24.3 Å². The molecule has 15 heavy (non-hydrogen) atoms. The van der Waals surface area contributed by atoms with Crippen molar-refractivity contribution in [3.63, 3.8) is 0 Å². The number of ether oxygens (including phenoxy) is 1. The number of rotatable bonds is 4. The van der Waals surface area contributed by atoms with Crippen molar-refractivity contribution in [1.29, 1.82) is 5.26 Å². The second kappa shape index (κ2) is 5.52. The Balaban J connectivity index is 2.87. The van der Waals surface area contributed by atoms with E-state index in [-0.39, 0.29) is 5.92 Å². The summed E-state index contributed by atoms with van der Waals surface area (Å²) in [5, 5.41) is 8.64. The molecule has 0 amide bonds. The molecular formula is C11H13NO2S. The van der Waals surface area contributed by atoms with Crippen molar-refractivity contribution in [1.82, 2.24) is 0 Å². The van der Waals surface area contributed by atoms with Crippen LogP contribution in [0.15, 0.2) is 29.2 Å². The Kier molecular flexibility index (Phi) is 4.32. The zero-order valence-electron chi connectivity index (χ0n) is 8.77. The van der Waals surface area contributed by atoms with Gasteiger partial charge in [-0.1, -0.05) is 12.1 Å². The maximum atomic E-state index is 11.9. The molecule has 1 aromatic rings. The summed E-state index contributed by atoms with van der Waals surface area (Å²) >= 11 is 0. The average molecular weight is 223 g/mol. The SMILES string of the molecule is COc1ccccc1S(=O)CC(C)C#N. The molecule has 0 heterocycles. The van der Waals surface area contributed by atoms with Gasteiger partial charge in [0.25, 0.3) is 0 Å². The molecule has 0 aliphatic carbocycles. The molecule has 0 aliphatic heterocycles. The van der Waals surface area contributed by atoms with Crippen LogP contribution in [0.3, 0.4) is 0 Å². The molecule has 4 heteroatoms. The first-order valence-electron chi connectivity index (χ1n) is 4.60. The van der Waals surface area contributed by atoms with Gasteiger partial charge in [-0.25, -0.2) is 0 Å². The summed E-state index contributed by atoms with van der Waals surface area (Å²) in [5.41, 5.74) is 0. The fourth-order valence-corrected chi connectivity index (χ4v) is 2.48. The Hall–Kier alpha value is -1.34. The molecule has 1 aromatic carbocycles. The topological polar surface area (TPSA) is 50.1 Å². The maximum Gasteiger partial charge on any atom is 0.134 e. The van der Waals surface area contributed by atoms with Gasteiger partial charge >= 0.3 is 0 Å². The molecule has 2 unspecified atom stereocenters. The molecule has 0 saturated heterocycles. The van der Waals surface area contributed by atoms with Crippen molar-refractivity contribution in [2.75, 3.05) is 12.9 Å². The molecule has 0 fully saturated rings. The molecule has 0 spiro atoms. The fraction of sp³-hybridized carbons (Fsp3) is 0.364. The zero-order valence-corrected chi connectivity index (χ0v) is 9.58. The molecule has 2 atom stereocenters. The van der Waals surface area contributed by atoms with E-state index in [2.05, 4.69) is 6.07 Å². The maximum absolute atomic E-state index is 11.9. The van der Waals surface area contributed by atoms with Gasteiger partial charge in [-0.3, -0.25) is 4.21 Å². The van der Waals surface area contributed by atoms with Crippen molar-refractivity contribution < 1.29 is 8.95 Å². The van der Waals surface area contributed by atoms with Crippen LogP contribution in [-0.4, -0.2) is 17.1 Å². The molecule has 0 bridgehead atoms. The van der Waals surface area contributed by atoms with Crippen LogP contribution in [0, 0.1) is 17.2 Å². The summed E-state index contributed by atoms with van der Waals surface area (Å²) in [6.07, 6.45) is 0. The summed E-state index contributed by atoms with van der Waals surface area (Å²) in [6, 6.07) is 9.24. The summed E-state index contributed by atoms with van der Waals surface area (Å²) in [7, 11) is 0.373. The van der Waals surface area contributed by atoms with E-state index in [1.165, 1.54) is 0 Å². The van der Waals surface area contributed by atoms with Gasteiger partial charge in [0.15, 0.2) is 0 Å². The molecule has 0 N–H and O–H groups in total. The van der Waals surface area contributed by atoms with Crippen LogP contribution in [0.2, 0.25) is 0 Å². The predicted octanol–water partition coefficient (Wildman–Crippen LogP) is 1.96. The third kappa shape index (κ3) is 3.07. The Morgan fingerprint density at radius 2 is 2.20 bits per heavy atom. The van der Waals surface area contributed by atoms with Crippen LogP contribution in [0.4, 0.5) is 0 Å². The van der Waals surface area contributed by atoms with E-state index in [0.29, 0.717) is 16.4 Å². The van der Waals surface area contributed by atoms with Gasteiger partial charge in [-0.2, -0.15) is 5.26 Å². The highest BCUT2D eigenvalue weighted by molar-refractivity contribution is 7.85. The van der Waals surface area contributed by atoms with Gasteiger partial charge in [0.05, 0.1) is 34.8 Å². The van der Waals surface area contributed by atoms with Crippen molar-refractivity contribution in [2.24, 2.45) is 5.92 Å². The first-order chi connectivity index (χ1) is 7.19. The minimum Gasteiger partial charge on any atom is -0.495 e. The first kappa shape index (κ1) is 11.7. The number of benzene rings is 1. The lowest BCUT2D eigenvalue weighted by atomic mass is 10.3. The number of nitriles is 1. The number of nitrogens with zero attached hydrogens (tertiary/aromatic N) is 1. The minimum absolute atomic E-state index is 0.212. The summed E-state index contributed by atoms with van der Waals surface area (Å²) in [6.45, 7) is 1.76. The third-order valence-corrected chi connectivity index (χ3v) is 3.57. The molecular weight excluding hydrogens is 210 g/mol. The third-order valence-electron chi connectivity index (χ3n) is 1.94. The van der Waals surface area contributed by atoms with E-state index >= 15 is 0 Å². The van der Waals surface area contributed by atoms with E-state index in [1.807, 2.05) is 12.1 Å². The second-order valence-electron chi connectivity index (χ2n) is 3.19.